The summed E-state index contributed by atoms with van der Waals surface area (Å²) in [5.74, 6) is -0.647. The van der Waals surface area contributed by atoms with Crippen LogP contribution in [0.1, 0.15) is 74.5 Å². The number of hydrazine groups is 1. The number of carboxylic acids is 1. The van der Waals surface area contributed by atoms with Gasteiger partial charge in [0.1, 0.15) is 23.9 Å². The van der Waals surface area contributed by atoms with E-state index in [1.54, 1.807) is 104 Å². The van der Waals surface area contributed by atoms with E-state index in [1.807, 2.05) is 105 Å². The number of aldehydes is 1. The maximum absolute atomic E-state index is 13.0. The fourth-order valence-electron chi connectivity index (χ4n) is 7.38. The number of halogens is 1. The van der Waals surface area contributed by atoms with Crippen molar-refractivity contribution >= 4 is 59.2 Å². The number of benzene rings is 6. The molecule has 8 aromatic rings. The number of H-pyrrole nitrogens is 1. The highest BCUT2D eigenvalue weighted by atomic mass is 19.1. The smallest absolute Gasteiger partial charge is 0.320 e. The van der Waals surface area contributed by atoms with E-state index in [0.29, 0.717) is 70.6 Å². The van der Waals surface area contributed by atoms with E-state index in [1.165, 1.54) is 31.4 Å². The predicted octanol–water partition coefficient (Wildman–Crippen LogP) is 10.7. The number of aromatic nitrogens is 3. The van der Waals surface area contributed by atoms with E-state index in [2.05, 4.69) is 36.3 Å². The number of imidazole rings is 1. The third-order valence-corrected chi connectivity index (χ3v) is 11.3. The number of nitrogens with one attached hydrogen (secondary N) is 5. The first kappa shape index (κ1) is 60.0. The van der Waals surface area contributed by atoms with Crippen molar-refractivity contribution in [2.45, 2.75) is 45.7 Å². The Balaban J connectivity index is 0.000000201. The second kappa shape index (κ2) is 32.5. The van der Waals surface area contributed by atoms with Gasteiger partial charge in [-0.3, -0.25) is 39.2 Å². The van der Waals surface area contributed by atoms with Crippen molar-refractivity contribution in [1.29, 1.82) is 0 Å². The van der Waals surface area contributed by atoms with E-state index in [-0.39, 0.29) is 30.1 Å². The van der Waals surface area contributed by atoms with Crippen LogP contribution in [0.5, 0.6) is 5.75 Å². The highest BCUT2D eigenvalue weighted by Crippen LogP contribution is 2.22. The van der Waals surface area contributed by atoms with Crippen LogP contribution in [-0.2, 0) is 27.3 Å². The van der Waals surface area contributed by atoms with Gasteiger partial charge in [-0.25, -0.2) is 14.4 Å². The highest BCUT2D eigenvalue weighted by Gasteiger charge is 2.18. The van der Waals surface area contributed by atoms with Gasteiger partial charge in [-0.1, -0.05) is 123 Å². The molecule has 8 rings (SSSR count). The van der Waals surface area contributed by atoms with Crippen molar-refractivity contribution in [3.05, 3.63) is 245 Å². The van der Waals surface area contributed by atoms with Gasteiger partial charge in [0, 0.05) is 48.0 Å². The minimum absolute atomic E-state index is 0.0543. The Bertz CT molecular complexity index is 3180. The Labute approximate surface area is 458 Å². The second-order valence-corrected chi connectivity index (χ2v) is 17.7. The number of carbonyl (C=O) groups excluding carboxylic acids is 5. The van der Waals surface area contributed by atoms with Crippen molar-refractivity contribution in [2.24, 2.45) is 5.92 Å². The van der Waals surface area contributed by atoms with E-state index in [4.69, 9.17) is 9.84 Å². The molecule has 1 atom stereocenters. The van der Waals surface area contributed by atoms with Crippen molar-refractivity contribution in [2.75, 3.05) is 29.8 Å². The number of Topliss-reactive ketones (excluding diaryl/α,β-unsaturated/α-hetero) is 1. The minimum atomic E-state index is -0.767. The number of nitrogens with zero attached hydrogens (tertiary/aromatic N) is 3. The van der Waals surface area contributed by atoms with Crippen LogP contribution in [0.15, 0.2) is 206 Å². The van der Waals surface area contributed by atoms with Gasteiger partial charge in [-0.2, -0.15) is 0 Å². The molecule has 0 saturated carbocycles. The predicted molar refractivity (Wildman–Crippen MR) is 305 cm³/mol. The standard InChI is InChI=1S/C20H15FN2O2.C18H16O3.C17H17N5O.C7H15NO2/c21-15-12-10-14(11-13-15)19(24)23-18-9-5-4-8-17(18)20(25)22-16-6-2-1-3-7-16;1-21-18-10-6-5-9-16(18)17(20)12-15(13-19)11-14-7-3-2-4-8-14;23-16(11-14-5-2-1-3-6-14)21-22(17-19-9-10-20-17)13-15-7-4-8-18-12-15;1-5(2)4-6(8-3)7(9)10/h1-13H,(H,22,25)(H,23,24);2-11,13H,12H2,1H3;1-10,12H,11,13H2,(H,19,20)(H,21,23);5-6,8H,4H2,1-3H3,(H,9,10)/b;15-11-;;. The average molecular weight is 1070 g/mol. The zero-order chi connectivity index (χ0) is 56.8. The summed E-state index contributed by atoms with van der Waals surface area (Å²) in [6, 6.07) is 50.4. The molecule has 16 nitrogen and oxygen atoms in total. The van der Waals surface area contributed by atoms with E-state index in [0.717, 1.165) is 23.0 Å². The first-order valence-corrected chi connectivity index (χ1v) is 25.0. The van der Waals surface area contributed by atoms with Gasteiger partial charge in [0.05, 0.1) is 36.9 Å². The largest absolute Gasteiger partial charge is 0.496 e. The molecule has 79 heavy (non-hydrogen) atoms. The second-order valence-electron chi connectivity index (χ2n) is 17.7. The number of rotatable bonds is 20. The van der Waals surface area contributed by atoms with Crippen LogP contribution < -0.4 is 31.1 Å². The number of anilines is 3. The third-order valence-electron chi connectivity index (χ3n) is 11.3. The molecule has 0 saturated heterocycles. The molecule has 3 amide bonds. The normalized spacial score (nSPS) is 10.8. The number of amides is 3. The Morgan fingerprint density at radius 2 is 1.34 bits per heavy atom. The number of ether oxygens (including phenoxy) is 1. The molecule has 0 bridgehead atoms. The maximum atomic E-state index is 13.0. The van der Waals surface area contributed by atoms with Gasteiger partial charge < -0.3 is 30.8 Å². The molecule has 0 aliphatic heterocycles. The lowest BCUT2D eigenvalue weighted by Gasteiger charge is -2.22. The minimum Gasteiger partial charge on any atom is -0.496 e. The summed E-state index contributed by atoms with van der Waals surface area (Å²) in [7, 11) is 3.19. The molecular formula is C62H63FN8O8. The topological polar surface area (TPSA) is 225 Å². The Morgan fingerprint density at radius 1 is 0.722 bits per heavy atom. The number of carbonyl (C=O) groups is 6. The van der Waals surface area contributed by atoms with Gasteiger partial charge in [-0.05, 0) is 109 Å². The summed E-state index contributed by atoms with van der Waals surface area (Å²) in [5.41, 5.74) is 8.33. The molecular weight excluding hydrogens is 1000 g/mol. The number of hydrogen-bond acceptors (Lipinski definition) is 11. The number of methoxy groups -OCH3 is 1. The molecule has 6 N–H and O–H groups in total. The maximum Gasteiger partial charge on any atom is 0.320 e. The SMILES string of the molecule is CNC(CC(C)C)C(=O)O.COc1ccccc1C(=O)C/C(C=O)=C/c1ccccc1.O=C(Cc1ccccc1)NN(Cc1cccnc1)c1ncc[nH]1.O=C(Nc1ccccc1C(=O)Nc1ccccc1)c1ccc(F)cc1. The molecule has 406 valence electrons. The quantitative estimate of drug-likeness (QED) is 0.0181. The Morgan fingerprint density at radius 3 is 1.92 bits per heavy atom. The van der Waals surface area contributed by atoms with Gasteiger partial charge in [0.25, 0.3) is 11.8 Å². The highest BCUT2D eigenvalue weighted by molar-refractivity contribution is 6.12. The molecule has 0 aliphatic carbocycles. The Kier molecular flexibility index (Phi) is 24.7. The van der Waals surface area contributed by atoms with E-state index in [9.17, 15) is 33.2 Å². The molecule has 2 aromatic heterocycles. The van der Waals surface area contributed by atoms with Gasteiger partial charge in [0.15, 0.2) is 5.78 Å². The lowest BCUT2D eigenvalue weighted by Crippen LogP contribution is -2.43. The number of likely N-dealkylation sites (N-methyl/N-ethyl adjacent to an activating group) is 1. The summed E-state index contributed by atoms with van der Waals surface area (Å²) in [6.07, 6.45) is 10.3. The van der Waals surface area contributed by atoms with Crippen molar-refractivity contribution < 1.29 is 43.0 Å². The third kappa shape index (κ3) is 21.0. The van der Waals surface area contributed by atoms with Crippen LogP contribution in [0, 0.1) is 11.7 Å². The summed E-state index contributed by atoms with van der Waals surface area (Å²) < 4.78 is 18.1. The lowest BCUT2D eigenvalue weighted by atomic mass is 10.0. The van der Waals surface area contributed by atoms with E-state index < -0.39 is 17.7 Å². The number of carboxylic acid groups (broad SMARTS) is 1. The van der Waals surface area contributed by atoms with Gasteiger partial charge in [0.2, 0.25) is 11.9 Å². The number of pyridine rings is 1. The van der Waals surface area contributed by atoms with Crippen LogP contribution in [0.3, 0.4) is 0 Å². The van der Waals surface area contributed by atoms with Gasteiger partial charge in [-0.15, -0.1) is 0 Å². The zero-order valence-corrected chi connectivity index (χ0v) is 44.2. The average Bonchev–Trinajstić information content (AvgIpc) is 4.02. The zero-order valence-electron chi connectivity index (χ0n) is 44.2. The molecule has 0 radical (unpaired) electrons. The molecule has 17 heteroatoms. The fraction of sp³-hybridized carbons (Fsp3) is 0.161. The molecule has 0 spiro atoms. The van der Waals surface area contributed by atoms with Gasteiger partial charge >= 0.3 is 5.97 Å². The first-order chi connectivity index (χ1) is 38.3. The van der Waals surface area contributed by atoms with E-state index >= 15 is 0 Å². The van der Waals surface area contributed by atoms with Crippen LogP contribution in [-0.4, -0.2) is 76.0 Å². The molecule has 1 unspecified atom stereocenters. The number of allylic oxidation sites excluding steroid dienone is 1. The fourth-order valence-corrected chi connectivity index (χ4v) is 7.38. The van der Waals surface area contributed by atoms with Crippen molar-refractivity contribution in [3.8, 4) is 5.75 Å². The van der Waals surface area contributed by atoms with Crippen molar-refractivity contribution in [1.82, 2.24) is 25.7 Å². The molecule has 0 fully saturated rings. The summed E-state index contributed by atoms with van der Waals surface area (Å²) in [6.45, 7) is 4.49. The monoisotopic (exact) mass is 1070 g/mol. The number of para-hydroxylation sites is 3. The van der Waals surface area contributed by atoms with Crippen molar-refractivity contribution in [3.63, 3.8) is 0 Å². The number of ketones is 1. The number of aliphatic carboxylic acids is 1. The summed E-state index contributed by atoms with van der Waals surface area (Å²) >= 11 is 0. The molecule has 6 aromatic carbocycles. The number of aromatic amines is 1. The summed E-state index contributed by atoms with van der Waals surface area (Å²) in [4.78, 5) is 82.3. The molecule has 0 aliphatic rings. The van der Waals surface area contributed by atoms with Crippen LogP contribution in [0.25, 0.3) is 6.08 Å². The first-order valence-electron chi connectivity index (χ1n) is 25.0. The van der Waals surface area contributed by atoms with Crippen LogP contribution >= 0.6 is 0 Å². The number of hydrogen-bond donors (Lipinski definition) is 6. The Hall–Kier alpha value is -9.87. The summed E-state index contributed by atoms with van der Waals surface area (Å²) in [5, 5.41) is 18.4. The lowest BCUT2D eigenvalue weighted by molar-refractivity contribution is -0.139. The van der Waals surface area contributed by atoms with Crippen LogP contribution in [0.2, 0.25) is 0 Å². The molecule has 2 heterocycles. The van der Waals surface area contributed by atoms with Crippen LogP contribution in [0.4, 0.5) is 21.7 Å².